The van der Waals surface area contributed by atoms with Crippen molar-refractivity contribution < 1.29 is 28.4 Å². The molecule has 0 N–H and O–H groups in total. The van der Waals surface area contributed by atoms with E-state index in [-0.39, 0.29) is 30.7 Å². The van der Waals surface area contributed by atoms with Gasteiger partial charge in [-0.15, -0.1) is 0 Å². The van der Waals surface area contributed by atoms with E-state index in [2.05, 4.69) is 13.2 Å². The van der Waals surface area contributed by atoms with Gasteiger partial charge in [0.2, 0.25) is 0 Å². The van der Waals surface area contributed by atoms with Crippen LogP contribution in [0.1, 0.15) is 13.8 Å². The van der Waals surface area contributed by atoms with Crippen molar-refractivity contribution >= 4 is 19.1 Å². The zero-order valence-corrected chi connectivity index (χ0v) is 13.9. The van der Waals surface area contributed by atoms with Gasteiger partial charge in [-0.3, -0.25) is 0 Å². The molecule has 0 saturated carbocycles. The first-order chi connectivity index (χ1) is 9.53. The van der Waals surface area contributed by atoms with Gasteiger partial charge in [-0.2, -0.15) is 0 Å². The summed E-state index contributed by atoms with van der Waals surface area (Å²) in [7, 11) is -2.39. The Balaban J connectivity index is 4.50. The fourth-order valence-electron chi connectivity index (χ4n) is 1.01. The first kappa shape index (κ1) is 19.6. The Morgan fingerprint density at radius 2 is 1.38 bits per heavy atom. The first-order valence-corrected chi connectivity index (χ1v) is 9.12. The van der Waals surface area contributed by atoms with Crippen molar-refractivity contribution in [3.63, 3.8) is 0 Å². The van der Waals surface area contributed by atoms with Gasteiger partial charge < -0.3 is 18.8 Å². The Morgan fingerprint density at radius 3 is 1.67 bits per heavy atom. The third-order valence-corrected chi connectivity index (χ3v) is 2.89. The lowest BCUT2D eigenvalue weighted by molar-refractivity contribution is -0.149. The first-order valence-electron chi connectivity index (χ1n) is 6.34. The van der Waals surface area contributed by atoms with E-state index in [1.165, 1.54) is 13.8 Å². The molecule has 0 amide bonds. The third kappa shape index (κ3) is 10.0. The van der Waals surface area contributed by atoms with Gasteiger partial charge in [-0.05, 0) is 27.2 Å². The zero-order valence-electron chi connectivity index (χ0n) is 13.0. The summed E-state index contributed by atoms with van der Waals surface area (Å²) in [5.74, 6) is -1.13. The molecule has 0 aliphatic carbocycles. The SMILES string of the molecule is C=C(C)C(=O)OCC(COC(=O)C(=C)C)OCP(C)(C)=O. The van der Waals surface area contributed by atoms with E-state index in [1.54, 1.807) is 13.3 Å². The van der Waals surface area contributed by atoms with Crippen molar-refractivity contribution in [2.24, 2.45) is 0 Å². The lowest BCUT2D eigenvalue weighted by atomic mass is 10.3. The molecular formula is C14H23O6P. The minimum atomic E-state index is -2.39. The highest BCUT2D eigenvalue weighted by molar-refractivity contribution is 7.62. The van der Waals surface area contributed by atoms with E-state index in [4.69, 9.17) is 14.2 Å². The van der Waals surface area contributed by atoms with Crippen LogP contribution in [0, 0.1) is 0 Å². The maximum absolute atomic E-state index is 11.6. The van der Waals surface area contributed by atoms with Crippen LogP contribution in [-0.4, -0.2) is 50.9 Å². The third-order valence-electron chi connectivity index (χ3n) is 2.12. The Morgan fingerprint density at radius 1 is 1.00 bits per heavy atom. The summed E-state index contributed by atoms with van der Waals surface area (Å²) >= 11 is 0. The Kier molecular flexibility index (Phi) is 8.22. The predicted octanol–water partition coefficient (Wildman–Crippen LogP) is 2.19. The fraction of sp³-hybridized carbons (Fsp3) is 0.571. The van der Waals surface area contributed by atoms with Crippen molar-refractivity contribution in [2.45, 2.75) is 20.0 Å². The van der Waals surface area contributed by atoms with Crippen molar-refractivity contribution in [3.8, 4) is 0 Å². The molecule has 0 spiro atoms. The topological polar surface area (TPSA) is 78.9 Å². The maximum Gasteiger partial charge on any atom is 0.333 e. The minimum Gasteiger partial charge on any atom is -0.459 e. The fourth-order valence-corrected chi connectivity index (χ4v) is 1.58. The maximum atomic E-state index is 11.6. The minimum absolute atomic E-state index is 0.00686. The van der Waals surface area contributed by atoms with Crippen LogP contribution >= 0.6 is 7.14 Å². The van der Waals surface area contributed by atoms with Crippen LogP contribution in [0.15, 0.2) is 24.3 Å². The van der Waals surface area contributed by atoms with Crippen molar-refractivity contribution in [1.82, 2.24) is 0 Å². The molecule has 0 atom stereocenters. The largest absolute Gasteiger partial charge is 0.459 e. The molecule has 0 aromatic heterocycles. The second-order valence-corrected chi connectivity index (χ2v) is 8.66. The molecule has 0 aromatic carbocycles. The number of carbonyl (C=O) groups is 2. The molecule has 0 saturated heterocycles. The highest BCUT2D eigenvalue weighted by atomic mass is 31.2. The lowest BCUT2D eigenvalue weighted by Gasteiger charge is -2.19. The highest BCUT2D eigenvalue weighted by Crippen LogP contribution is 2.35. The molecular weight excluding hydrogens is 295 g/mol. The summed E-state index contributed by atoms with van der Waals surface area (Å²) in [4.78, 5) is 22.7. The molecule has 0 aliphatic heterocycles. The molecule has 21 heavy (non-hydrogen) atoms. The second-order valence-electron chi connectivity index (χ2n) is 5.25. The van der Waals surface area contributed by atoms with Crippen LogP contribution in [0.2, 0.25) is 0 Å². The number of hydrogen-bond acceptors (Lipinski definition) is 6. The van der Waals surface area contributed by atoms with Crippen LogP contribution in [-0.2, 0) is 28.4 Å². The van der Waals surface area contributed by atoms with Crippen LogP contribution in [0.5, 0.6) is 0 Å². The van der Waals surface area contributed by atoms with Gasteiger partial charge in [0.05, 0.1) is 6.35 Å². The van der Waals surface area contributed by atoms with Gasteiger partial charge in [0, 0.05) is 11.1 Å². The molecule has 6 nitrogen and oxygen atoms in total. The molecule has 0 aliphatic rings. The molecule has 0 heterocycles. The molecule has 120 valence electrons. The molecule has 0 fully saturated rings. The Hall–Kier alpha value is -1.39. The predicted molar refractivity (Wildman–Crippen MR) is 80.7 cm³/mol. The van der Waals surface area contributed by atoms with Crippen molar-refractivity contribution in [3.05, 3.63) is 24.3 Å². The molecule has 0 bridgehead atoms. The smallest absolute Gasteiger partial charge is 0.333 e. The van der Waals surface area contributed by atoms with Crippen LogP contribution in [0.4, 0.5) is 0 Å². The molecule has 0 unspecified atom stereocenters. The number of ether oxygens (including phenoxy) is 3. The van der Waals surface area contributed by atoms with E-state index in [1.807, 2.05) is 0 Å². The van der Waals surface area contributed by atoms with Crippen molar-refractivity contribution in [2.75, 3.05) is 32.9 Å². The molecule has 0 aromatic rings. The summed E-state index contributed by atoms with van der Waals surface area (Å²) in [6.45, 7) is 12.9. The van der Waals surface area contributed by atoms with Gasteiger partial charge in [0.25, 0.3) is 0 Å². The number of carbonyl (C=O) groups excluding carboxylic acids is 2. The van der Waals surface area contributed by atoms with E-state index in [0.29, 0.717) is 0 Å². The van der Waals surface area contributed by atoms with Gasteiger partial charge in [0.15, 0.2) is 0 Å². The number of hydrogen-bond donors (Lipinski definition) is 0. The second kappa shape index (κ2) is 8.80. The Bertz CT molecular complexity index is 432. The summed E-state index contributed by atoms with van der Waals surface area (Å²) < 4.78 is 26.9. The normalized spacial score (nSPS) is 11.1. The highest BCUT2D eigenvalue weighted by Gasteiger charge is 2.19. The lowest BCUT2D eigenvalue weighted by Crippen LogP contribution is -2.29. The average Bonchev–Trinajstić information content (AvgIpc) is 2.35. The van der Waals surface area contributed by atoms with Crippen molar-refractivity contribution in [1.29, 1.82) is 0 Å². The standard InChI is InChI=1S/C14H23O6P/c1-10(2)13(15)18-7-12(20-9-21(5,6)17)8-19-14(16)11(3)4/h12H,1,3,7-9H2,2,4-6H3. The van der Waals surface area contributed by atoms with Crippen LogP contribution in [0.3, 0.4) is 0 Å². The quantitative estimate of drug-likeness (QED) is 0.368. The van der Waals surface area contributed by atoms with Crippen LogP contribution in [0.25, 0.3) is 0 Å². The number of rotatable bonds is 9. The van der Waals surface area contributed by atoms with Gasteiger partial charge in [-0.25, -0.2) is 9.59 Å². The summed E-state index contributed by atoms with van der Waals surface area (Å²) in [6, 6.07) is 0. The van der Waals surface area contributed by atoms with Crippen LogP contribution < -0.4 is 0 Å². The van der Waals surface area contributed by atoms with E-state index < -0.39 is 25.2 Å². The number of esters is 2. The summed E-state index contributed by atoms with van der Waals surface area (Å²) in [5, 5.41) is 0. The Labute approximate surface area is 125 Å². The van der Waals surface area contributed by atoms with Gasteiger partial charge in [-0.1, -0.05) is 13.2 Å². The van der Waals surface area contributed by atoms with Gasteiger partial charge >= 0.3 is 11.9 Å². The zero-order chi connectivity index (χ0) is 16.6. The van der Waals surface area contributed by atoms with Gasteiger partial charge in [0.1, 0.15) is 26.5 Å². The molecule has 0 rings (SSSR count). The molecule has 7 heteroatoms. The van der Waals surface area contributed by atoms with E-state index in [9.17, 15) is 14.2 Å². The molecule has 0 radical (unpaired) electrons. The summed E-state index contributed by atoms with van der Waals surface area (Å²) in [5.41, 5.74) is 0.508. The average molecular weight is 318 g/mol. The monoisotopic (exact) mass is 318 g/mol. The summed E-state index contributed by atoms with van der Waals surface area (Å²) in [6.07, 6.45) is -0.683. The van der Waals surface area contributed by atoms with E-state index in [0.717, 1.165) is 0 Å². The van der Waals surface area contributed by atoms with E-state index >= 15 is 0 Å².